The van der Waals surface area contributed by atoms with Crippen LogP contribution in [-0.2, 0) is 22.7 Å². The molecule has 0 aliphatic carbocycles. The van der Waals surface area contributed by atoms with E-state index in [1.807, 2.05) is 54.6 Å². The summed E-state index contributed by atoms with van der Waals surface area (Å²) < 4.78 is 11.4. The van der Waals surface area contributed by atoms with E-state index in [9.17, 15) is 4.79 Å². The maximum absolute atomic E-state index is 12.0. The maximum atomic E-state index is 12.0. The average Bonchev–Trinajstić information content (AvgIpc) is 3.18. The van der Waals surface area contributed by atoms with Gasteiger partial charge in [-0.2, -0.15) is 0 Å². The van der Waals surface area contributed by atoms with E-state index in [0.29, 0.717) is 19.6 Å². The van der Waals surface area contributed by atoms with Crippen molar-refractivity contribution in [3.05, 3.63) is 65.7 Å². The van der Waals surface area contributed by atoms with Crippen LogP contribution in [0, 0.1) is 0 Å². The predicted molar refractivity (Wildman–Crippen MR) is 97.3 cm³/mol. The highest BCUT2D eigenvalue weighted by Gasteiger charge is 2.16. The van der Waals surface area contributed by atoms with Gasteiger partial charge in [-0.05, 0) is 42.5 Å². The molecule has 2 aromatic rings. The lowest BCUT2D eigenvalue weighted by atomic mass is 10.1. The summed E-state index contributed by atoms with van der Waals surface area (Å²) >= 11 is 0. The van der Waals surface area contributed by atoms with Crippen molar-refractivity contribution >= 4 is 5.91 Å². The summed E-state index contributed by atoms with van der Waals surface area (Å²) in [7, 11) is 0. The molecule has 1 N–H and O–H groups in total. The highest BCUT2D eigenvalue weighted by atomic mass is 16.5. The Kier molecular flexibility index (Phi) is 6.46. The van der Waals surface area contributed by atoms with Crippen LogP contribution >= 0.6 is 0 Å². The van der Waals surface area contributed by atoms with E-state index in [2.05, 4.69) is 5.32 Å². The number of carbonyl (C=O) groups is 1. The topological polar surface area (TPSA) is 47.6 Å². The molecule has 0 spiro atoms. The molecule has 0 saturated carbocycles. The molecule has 132 valence electrons. The van der Waals surface area contributed by atoms with Crippen molar-refractivity contribution in [2.45, 2.75) is 44.9 Å². The fourth-order valence-corrected chi connectivity index (χ4v) is 2.94. The Balaban J connectivity index is 1.42. The van der Waals surface area contributed by atoms with E-state index >= 15 is 0 Å². The zero-order valence-corrected chi connectivity index (χ0v) is 14.4. The molecule has 1 fully saturated rings. The molecule has 0 unspecified atom stereocenters. The summed E-state index contributed by atoms with van der Waals surface area (Å²) in [5, 5.41) is 2.97. The lowest BCUT2D eigenvalue weighted by molar-refractivity contribution is -0.121. The first kappa shape index (κ1) is 17.5. The molecule has 0 bridgehead atoms. The van der Waals surface area contributed by atoms with Crippen LogP contribution in [0.2, 0.25) is 0 Å². The summed E-state index contributed by atoms with van der Waals surface area (Å²) in [5.74, 6) is 0.890. The van der Waals surface area contributed by atoms with Crippen LogP contribution < -0.4 is 10.1 Å². The first-order chi connectivity index (χ1) is 12.3. The number of hydrogen-bond donors (Lipinski definition) is 1. The minimum Gasteiger partial charge on any atom is -0.489 e. The zero-order chi connectivity index (χ0) is 17.3. The highest BCUT2D eigenvalue weighted by Crippen LogP contribution is 2.17. The summed E-state index contributed by atoms with van der Waals surface area (Å²) in [6.07, 6.45) is 3.79. The van der Waals surface area contributed by atoms with E-state index in [-0.39, 0.29) is 12.0 Å². The van der Waals surface area contributed by atoms with Gasteiger partial charge in [-0.15, -0.1) is 0 Å². The van der Waals surface area contributed by atoms with Gasteiger partial charge >= 0.3 is 0 Å². The SMILES string of the molecule is O=C(CC[C@H]1CCCO1)NCc1cccc(OCc2ccccc2)c1. The summed E-state index contributed by atoms with van der Waals surface area (Å²) in [4.78, 5) is 12.0. The molecule has 1 saturated heterocycles. The first-order valence-corrected chi connectivity index (χ1v) is 8.93. The molecule has 0 radical (unpaired) electrons. The molecular formula is C21H25NO3. The van der Waals surface area contributed by atoms with Crippen molar-refractivity contribution in [2.24, 2.45) is 0 Å². The molecule has 1 atom stereocenters. The molecule has 4 nitrogen and oxygen atoms in total. The molecule has 1 aliphatic heterocycles. The van der Waals surface area contributed by atoms with Crippen LogP contribution in [-0.4, -0.2) is 18.6 Å². The van der Waals surface area contributed by atoms with Gasteiger partial charge in [0.15, 0.2) is 0 Å². The monoisotopic (exact) mass is 339 g/mol. The van der Waals surface area contributed by atoms with E-state index in [4.69, 9.17) is 9.47 Å². The Labute approximate surface area is 149 Å². The molecule has 3 rings (SSSR count). The van der Waals surface area contributed by atoms with Crippen molar-refractivity contribution in [2.75, 3.05) is 6.61 Å². The third-order valence-electron chi connectivity index (χ3n) is 4.35. The molecule has 2 aromatic carbocycles. The van der Waals surface area contributed by atoms with Gasteiger partial charge in [0, 0.05) is 19.6 Å². The van der Waals surface area contributed by atoms with Crippen LogP contribution in [0.3, 0.4) is 0 Å². The van der Waals surface area contributed by atoms with Gasteiger partial charge in [-0.3, -0.25) is 4.79 Å². The van der Waals surface area contributed by atoms with Crippen molar-refractivity contribution in [3.8, 4) is 5.75 Å². The normalized spacial score (nSPS) is 16.6. The molecule has 1 amide bonds. The lowest BCUT2D eigenvalue weighted by Crippen LogP contribution is -2.23. The van der Waals surface area contributed by atoms with Crippen LogP contribution in [0.5, 0.6) is 5.75 Å². The third-order valence-corrected chi connectivity index (χ3v) is 4.35. The smallest absolute Gasteiger partial charge is 0.220 e. The summed E-state index contributed by atoms with van der Waals surface area (Å²) in [5.41, 5.74) is 2.17. The van der Waals surface area contributed by atoms with E-state index in [0.717, 1.165) is 42.7 Å². The predicted octanol–water partition coefficient (Wildman–Crippen LogP) is 3.84. The fourth-order valence-electron chi connectivity index (χ4n) is 2.94. The van der Waals surface area contributed by atoms with Crippen molar-refractivity contribution in [3.63, 3.8) is 0 Å². The Morgan fingerprint density at radius 1 is 1.12 bits per heavy atom. The largest absolute Gasteiger partial charge is 0.489 e. The Morgan fingerprint density at radius 3 is 2.76 bits per heavy atom. The number of ether oxygens (including phenoxy) is 2. The summed E-state index contributed by atoms with van der Waals surface area (Å²) in [6, 6.07) is 17.9. The number of hydrogen-bond acceptors (Lipinski definition) is 3. The Bertz CT molecular complexity index is 666. The fraction of sp³-hybridized carbons (Fsp3) is 0.381. The number of amides is 1. The van der Waals surface area contributed by atoms with E-state index in [1.165, 1.54) is 0 Å². The van der Waals surface area contributed by atoms with Crippen molar-refractivity contribution in [1.82, 2.24) is 5.32 Å². The van der Waals surface area contributed by atoms with Gasteiger partial charge in [-0.25, -0.2) is 0 Å². The molecule has 4 heteroatoms. The Hall–Kier alpha value is -2.33. The van der Waals surface area contributed by atoms with Crippen LogP contribution in [0.4, 0.5) is 0 Å². The minimum absolute atomic E-state index is 0.0751. The quantitative estimate of drug-likeness (QED) is 0.795. The van der Waals surface area contributed by atoms with Crippen molar-refractivity contribution in [1.29, 1.82) is 0 Å². The molecule has 0 aromatic heterocycles. The van der Waals surface area contributed by atoms with E-state index in [1.54, 1.807) is 0 Å². The standard InChI is InChI=1S/C21H25NO3/c23-21(12-11-19-10-5-13-24-19)22-15-18-8-4-9-20(14-18)25-16-17-6-2-1-3-7-17/h1-4,6-9,14,19H,5,10-13,15-16H2,(H,22,23)/t19-/m1/s1. The lowest BCUT2D eigenvalue weighted by Gasteiger charge is -2.11. The van der Waals surface area contributed by atoms with Gasteiger partial charge in [0.05, 0.1) is 6.10 Å². The zero-order valence-electron chi connectivity index (χ0n) is 14.4. The summed E-state index contributed by atoms with van der Waals surface area (Å²) in [6.45, 7) is 1.90. The second kappa shape index (κ2) is 9.23. The molecule has 25 heavy (non-hydrogen) atoms. The number of benzene rings is 2. The molecule has 1 heterocycles. The van der Waals surface area contributed by atoms with E-state index < -0.39 is 0 Å². The van der Waals surface area contributed by atoms with Gasteiger partial charge in [0.2, 0.25) is 5.91 Å². The maximum Gasteiger partial charge on any atom is 0.220 e. The van der Waals surface area contributed by atoms with Gasteiger partial charge < -0.3 is 14.8 Å². The highest BCUT2D eigenvalue weighted by molar-refractivity contribution is 5.75. The van der Waals surface area contributed by atoms with Crippen LogP contribution in [0.15, 0.2) is 54.6 Å². The third kappa shape index (κ3) is 5.91. The van der Waals surface area contributed by atoms with Crippen molar-refractivity contribution < 1.29 is 14.3 Å². The second-order valence-corrected chi connectivity index (χ2v) is 6.37. The van der Waals surface area contributed by atoms with Gasteiger partial charge in [0.25, 0.3) is 0 Å². The molecular weight excluding hydrogens is 314 g/mol. The number of carbonyl (C=O) groups excluding carboxylic acids is 1. The average molecular weight is 339 g/mol. The first-order valence-electron chi connectivity index (χ1n) is 8.93. The number of rotatable bonds is 8. The van der Waals surface area contributed by atoms with Gasteiger partial charge in [-0.1, -0.05) is 42.5 Å². The number of nitrogens with one attached hydrogen (secondary N) is 1. The Morgan fingerprint density at radius 2 is 1.96 bits per heavy atom. The minimum atomic E-state index is 0.0751. The van der Waals surface area contributed by atoms with Gasteiger partial charge in [0.1, 0.15) is 12.4 Å². The second-order valence-electron chi connectivity index (χ2n) is 6.37. The van der Waals surface area contributed by atoms with Crippen LogP contribution in [0.1, 0.15) is 36.8 Å². The molecule has 1 aliphatic rings. The van der Waals surface area contributed by atoms with Crippen LogP contribution in [0.25, 0.3) is 0 Å².